The molecule has 1 amide bonds. The third-order valence-electron chi connectivity index (χ3n) is 7.79. The third kappa shape index (κ3) is 5.57. The predicted octanol–water partition coefficient (Wildman–Crippen LogP) is 5.51. The van der Waals surface area contributed by atoms with Gasteiger partial charge >= 0.3 is 0 Å². The van der Waals surface area contributed by atoms with E-state index in [0.717, 1.165) is 74.6 Å². The lowest BCUT2D eigenvalue weighted by molar-refractivity contribution is -0.137. The molecule has 0 unspecified atom stereocenters. The minimum Gasteiger partial charge on any atom is -0.497 e. The lowest BCUT2D eigenvalue weighted by atomic mass is 10.0. The fraction of sp³-hybridized carbons (Fsp3) is 0.467. The molecular weight excluding hydrogens is 467 g/mol. The second-order valence-corrected chi connectivity index (χ2v) is 10.6. The Morgan fingerprint density at radius 3 is 2.46 bits per heavy atom. The molecule has 6 nitrogen and oxygen atoms in total. The number of carbonyl (C=O) groups is 1. The molecule has 1 aromatic heterocycles. The van der Waals surface area contributed by atoms with Crippen molar-refractivity contribution in [1.82, 2.24) is 19.6 Å². The Kier molecular flexibility index (Phi) is 7.60. The molecule has 37 heavy (non-hydrogen) atoms. The molecule has 1 fully saturated rings. The Bertz CT molecular complexity index is 1210. The summed E-state index contributed by atoms with van der Waals surface area (Å²) in [7, 11) is 1.68. The van der Waals surface area contributed by atoms with Gasteiger partial charge in [-0.05, 0) is 68.7 Å². The monoisotopic (exact) mass is 504 g/mol. The highest BCUT2D eigenvalue weighted by Crippen LogP contribution is 2.31. The van der Waals surface area contributed by atoms with Crippen molar-refractivity contribution < 1.29 is 13.9 Å². The molecule has 1 aliphatic heterocycles. The summed E-state index contributed by atoms with van der Waals surface area (Å²) >= 11 is 0. The average molecular weight is 505 g/mol. The van der Waals surface area contributed by atoms with Crippen LogP contribution < -0.4 is 4.74 Å². The van der Waals surface area contributed by atoms with E-state index in [1.165, 1.54) is 23.3 Å². The van der Waals surface area contributed by atoms with Gasteiger partial charge in [0.2, 0.25) is 5.91 Å². The molecule has 7 heteroatoms. The average Bonchev–Trinajstić information content (AvgIpc) is 3.56. The number of carbonyl (C=O) groups excluding carboxylic acids is 1. The van der Waals surface area contributed by atoms with E-state index in [1.807, 2.05) is 21.7 Å². The van der Waals surface area contributed by atoms with E-state index in [1.54, 1.807) is 19.2 Å². The Morgan fingerprint density at radius 1 is 1.11 bits per heavy atom. The van der Waals surface area contributed by atoms with Crippen molar-refractivity contribution >= 4 is 5.91 Å². The Morgan fingerprint density at radius 2 is 1.81 bits per heavy atom. The van der Waals surface area contributed by atoms with Crippen LogP contribution in [0.15, 0.2) is 48.5 Å². The number of benzene rings is 2. The van der Waals surface area contributed by atoms with E-state index in [2.05, 4.69) is 30.9 Å². The smallest absolute Gasteiger partial charge is 0.226 e. The van der Waals surface area contributed by atoms with Crippen LogP contribution in [0.25, 0.3) is 5.69 Å². The number of amides is 1. The summed E-state index contributed by atoms with van der Waals surface area (Å²) in [6.45, 7) is 7.18. The molecule has 0 bridgehead atoms. The zero-order valence-electron chi connectivity index (χ0n) is 22.1. The first-order chi connectivity index (χ1) is 17.9. The number of halogens is 1. The van der Waals surface area contributed by atoms with Gasteiger partial charge in [-0.25, -0.2) is 9.07 Å². The van der Waals surface area contributed by atoms with Crippen molar-refractivity contribution in [2.75, 3.05) is 13.7 Å². The molecule has 1 saturated carbocycles. The van der Waals surface area contributed by atoms with Gasteiger partial charge in [-0.2, -0.15) is 5.10 Å². The number of hydrogen-bond acceptors (Lipinski definition) is 4. The molecule has 2 heterocycles. The number of ether oxygens (including phenoxy) is 1. The zero-order chi connectivity index (χ0) is 25.9. The van der Waals surface area contributed by atoms with Crippen LogP contribution in [0.1, 0.15) is 62.0 Å². The molecule has 0 saturated heterocycles. The zero-order valence-corrected chi connectivity index (χ0v) is 22.1. The van der Waals surface area contributed by atoms with Gasteiger partial charge in [-0.15, -0.1) is 0 Å². The highest BCUT2D eigenvalue weighted by atomic mass is 19.1. The van der Waals surface area contributed by atoms with Crippen molar-refractivity contribution in [3.63, 3.8) is 0 Å². The number of methoxy groups -OCH3 is 1. The minimum absolute atomic E-state index is 0.0960. The fourth-order valence-corrected chi connectivity index (χ4v) is 5.67. The summed E-state index contributed by atoms with van der Waals surface area (Å²) in [6, 6.07) is 14.8. The maximum atomic E-state index is 13.7. The number of fused-ring (bicyclic) bond motifs is 1. The molecule has 0 spiro atoms. The number of nitrogens with zero attached hydrogens (tertiary/aromatic N) is 4. The SMILES string of the molecule is COc1ccc(CN2CCc3c(c(CN(C(=O)C4CCCC4)C(C)C)nn3-c3ccc(F)cc3)C2)cc1. The van der Waals surface area contributed by atoms with E-state index in [9.17, 15) is 9.18 Å². The summed E-state index contributed by atoms with van der Waals surface area (Å²) in [6.07, 6.45) is 5.09. The van der Waals surface area contributed by atoms with Gasteiger partial charge in [0, 0.05) is 43.6 Å². The molecule has 0 N–H and O–H groups in total. The van der Waals surface area contributed by atoms with Crippen LogP contribution in [0.5, 0.6) is 5.75 Å². The lowest BCUT2D eigenvalue weighted by Crippen LogP contribution is -2.40. The molecule has 1 aliphatic carbocycles. The third-order valence-corrected chi connectivity index (χ3v) is 7.79. The van der Waals surface area contributed by atoms with Crippen LogP contribution in [-0.2, 0) is 30.8 Å². The summed E-state index contributed by atoms with van der Waals surface area (Å²) < 4.78 is 20.9. The van der Waals surface area contributed by atoms with Crippen molar-refractivity contribution in [2.24, 2.45) is 5.92 Å². The number of rotatable bonds is 8. The van der Waals surface area contributed by atoms with Crippen LogP contribution in [0.2, 0.25) is 0 Å². The maximum Gasteiger partial charge on any atom is 0.226 e. The van der Waals surface area contributed by atoms with Gasteiger partial charge in [0.1, 0.15) is 11.6 Å². The van der Waals surface area contributed by atoms with Gasteiger partial charge in [0.25, 0.3) is 0 Å². The largest absolute Gasteiger partial charge is 0.497 e. The van der Waals surface area contributed by atoms with E-state index in [4.69, 9.17) is 9.84 Å². The highest BCUT2D eigenvalue weighted by molar-refractivity contribution is 5.79. The summed E-state index contributed by atoms with van der Waals surface area (Å²) in [5, 5.41) is 5.04. The van der Waals surface area contributed by atoms with Crippen molar-refractivity contribution in [2.45, 2.75) is 71.6 Å². The molecule has 2 aromatic carbocycles. The van der Waals surface area contributed by atoms with Crippen molar-refractivity contribution in [3.05, 3.63) is 76.9 Å². The van der Waals surface area contributed by atoms with Crippen LogP contribution >= 0.6 is 0 Å². The first-order valence-electron chi connectivity index (χ1n) is 13.4. The highest BCUT2D eigenvalue weighted by Gasteiger charge is 2.32. The molecule has 196 valence electrons. The minimum atomic E-state index is -0.260. The van der Waals surface area contributed by atoms with Gasteiger partial charge in [0.05, 0.1) is 30.7 Å². The molecule has 2 aliphatic rings. The first-order valence-corrected chi connectivity index (χ1v) is 13.4. The summed E-state index contributed by atoms with van der Waals surface area (Å²) in [4.78, 5) is 17.9. The van der Waals surface area contributed by atoms with Gasteiger partial charge in [-0.1, -0.05) is 25.0 Å². The topological polar surface area (TPSA) is 50.6 Å². The maximum absolute atomic E-state index is 13.7. The molecule has 0 radical (unpaired) electrons. The van der Waals surface area contributed by atoms with E-state index in [-0.39, 0.29) is 23.7 Å². The van der Waals surface area contributed by atoms with Crippen LogP contribution in [-0.4, -0.2) is 45.2 Å². The van der Waals surface area contributed by atoms with E-state index in [0.29, 0.717) is 6.54 Å². The number of aromatic nitrogens is 2. The van der Waals surface area contributed by atoms with Gasteiger partial charge in [-0.3, -0.25) is 9.69 Å². The van der Waals surface area contributed by atoms with E-state index >= 15 is 0 Å². The van der Waals surface area contributed by atoms with E-state index < -0.39 is 0 Å². The van der Waals surface area contributed by atoms with Crippen molar-refractivity contribution in [1.29, 1.82) is 0 Å². The Balaban J connectivity index is 1.45. The molecular formula is C30H37FN4O2. The van der Waals surface area contributed by atoms with Crippen LogP contribution in [0.4, 0.5) is 4.39 Å². The molecule has 5 rings (SSSR count). The number of hydrogen-bond donors (Lipinski definition) is 0. The standard InChI is InChI=1S/C30H37FN4O2/c1-21(2)34(30(36)23-6-4-5-7-23)20-28-27-19-33(18-22-8-14-26(37-3)15-9-22)17-16-29(27)35(32-28)25-12-10-24(31)11-13-25/h8-15,21,23H,4-7,16-20H2,1-3H3. The Hall–Kier alpha value is -3.19. The fourth-order valence-electron chi connectivity index (χ4n) is 5.67. The normalized spacial score (nSPS) is 16.2. The second-order valence-electron chi connectivity index (χ2n) is 10.6. The van der Waals surface area contributed by atoms with Gasteiger partial charge < -0.3 is 9.64 Å². The quantitative estimate of drug-likeness (QED) is 0.406. The van der Waals surface area contributed by atoms with Gasteiger partial charge in [0.15, 0.2) is 0 Å². The summed E-state index contributed by atoms with van der Waals surface area (Å²) in [5.74, 6) is 0.976. The predicted molar refractivity (Wildman–Crippen MR) is 142 cm³/mol. The first kappa shape index (κ1) is 25.5. The van der Waals surface area contributed by atoms with Crippen LogP contribution in [0.3, 0.4) is 0 Å². The lowest BCUT2D eigenvalue weighted by Gasteiger charge is -2.31. The second kappa shape index (κ2) is 11.1. The van der Waals surface area contributed by atoms with Crippen LogP contribution in [0, 0.1) is 11.7 Å². The molecule has 0 atom stereocenters. The molecule has 3 aromatic rings. The Labute approximate surface area is 219 Å². The summed E-state index contributed by atoms with van der Waals surface area (Å²) in [5.41, 5.74) is 5.38. The van der Waals surface area contributed by atoms with Crippen molar-refractivity contribution in [3.8, 4) is 11.4 Å².